The fraction of sp³-hybridized carbons (Fsp3) is 0.235. The third kappa shape index (κ3) is 2.73. The lowest BCUT2D eigenvalue weighted by Gasteiger charge is -2.03. The molecule has 0 fully saturated rings. The molecule has 4 aromatic rings. The Bertz CT molecular complexity index is 1100. The van der Waals surface area contributed by atoms with Crippen LogP contribution in [0.25, 0.3) is 28.2 Å². The van der Waals surface area contributed by atoms with Crippen molar-refractivity contribution in [1.82, 2.24) is 39.4 Å². The number of aromatic nitrogens is 7. The predicted octanol–water partition coefficient (Wildman–Crippen LogP) is 0.843. The molecule has 0 radical (unpaired) electrons. The number of hydrogen-bond acceptors (Lipinski definition) is 5. The van der Waals surface area contributed by atoms with Gasteiger partial charge in [0.05, 0.1) is 18.8 Å². The minimum atomic E-state index is -0.147. The molecule has 0 aromatic carbocycles. The molecular formula is C17H18N8O. The van der Waals surface area contributed by atoms with Gasteiger partial charge >= 0.3 is 0 Å². The molecule has 0 saturated heterocycles. The molecule has 132 valence electrons. The molecule has 9 nitrogen and oxygen atoms in total. The van der Waals surface area contributed by atoms with Gasteiger partial charge in [-0.15, -0.1) is 5.10 Å². The third-order valence-electron chi connectivity index (χ3n) is 4.13. The van der Waals surface area contributed by atoms with E-state index in [0.29, 0.717) is 17.3 Å². The van der Waals surface area contributed by atoms with Gasteiger partial charge in [0.15, 0.2) is 11.6 Å². The lowest BCUT2D eigenvalue weighted by atomic mass is 10.3. The highest BCUT2D eigenvalue weighted by molar-refractivity contribution is 5.79. The van der Waals surface area contributed by atoms with Gasteiger partial charge in [-0.1, -0.05) is 0 Å². The fourth-order valence-electron chi connectivity index (χ4n) is 2.78. The first-order valence-electron chi connectivity index (χ1n) is 8.13. The molecule has 0 spiro atoms. The van der Waals surface area contributed by atoms with E-state index in [9.17, 15) is 4.79 Å². The first-order valence-corrected chi connectivity index (χ1v) is 8.13. The Morgan fingerprint density at radius 3 is 2.77 bits per heavy atom. The minimum absolute atomic E-state index is 0.100. The predicted molar refractivity (Wildman–Crippen MR) is 95.6 cm³/mol. The van der Waals surface area contributed by atoms with Gasteiger partial charge in [-0.3, -0.25) is 9.48 Å². The van der Waals surface area contributed by atoms with E-state index >= 15 is 0 Å². The number of carbonyl (C=O) groups excluding carboxylic acids is 1. The molecule has 0 atom stereocenters. The number of carbonyl (C=O) groups is 1. The summed E-state index contributed by atoms with van der Waals surface area (Å²) in [6.07, 6.45) is 5.60. The van der Waals surface area contributed by atoms with Crippen molar-refractivity contribution in [1.29, 1.82) is 0 Å². The Labute approximate surface area is 149 Å². The van der Waals surface area contributed by atoms with Crippen molar-refractivity contribution < 1.29 is 4.79 Å². The van der Waals surface area contributed by atoms with Crippen molar-refractivity contribution in [2.75, 3.05) is 7.05 Å². The first-order chi connectivity index (χ1) is 12.5. The maximum atomic E-state index is 11.7. The Morgan fingerprint density at radius 1 is 1.19 bits per heavy atom. The second-order valence-corrected chi connectivity index (χ2v) is 6.02. The van der Waals surface area contributed by atoms with Crippen LogP contribution in [-0.2, 0) is 25.3 Å². The SMILES string of the molecule is CNC(=O)Cc1nc(-c2ccc3ccn(C)c3n2)n(-c2cnn(C)c2)n1. The molecular weight excluding hydrogens is 332 g/mol. The first kappa shape index (κ1) is 16.0. The van der Waals surface area contributed by atoms with E-state index in [1.54, 1.807) is 22.6 Å². The number of fused-ring (bicyclic) bond motifs is 1. The van der Waals surface area contributed by atoms with Crippen LogP contribution in [-0.4, -0.2) is 47.1 Å². The van der Waals surface area contributed by atoms with Gasteiger partial charge in [-0.2, -0.15) is 5.10 Å². The highest BCUT2D eigenvalue weighted by Gasteiger charge is 2.18. The summed E-state index contributed by atoms with van der Waals surface area (Å²) < 4.78 is 5.31. The van der Waals surface area contributed by atoms with Gasteiger partial charge in [0.2, 0.25) is 5.91 Å². The number of hydrogen-bond donors (Lipinski definition) is 1. The van der Waals surface area contributed by atoms with E-state index in [2.05, 4.69) is 20.5 Å². The summed E-state index contributed by atoms with van der Waals surface area (Å²) in [4.78, 5) is 21.0. The summed E-state index contributed by atoms with van der Waals surface area (Å²) in [5.74, 6) is 0.850. The van der Waals surface area contributed by atoms with Gasteiger partial charge in [-0.05, 0) is 18.2 Å². The van der Waals surface area contributed by atoms with Gasteiger partial charge in [0.1, 0.15) is 17.0 Å². The van der Waals surface area contributed by atoms with E-state index < -0.39 is 0 Å². The fourth-order valence-corrected chi connectivity index (χ4v) is 2.78. The molecule has 1 N–H and O–H groups in total. The van der Waals surface area contributed by atoms with Crippen LogP contribution in [0.5, 0.6) is 0 Å². The maximum Gasteiger partial charge on any atom is 0.227 e. The Balaban J connectivity index is 1.86. The van der Waals surface area contributed by atoms with Crippen molar-refractivity contribution in [3.63, 3.8) is 0 Å². The van der Waals surface area contributed by atoms with Crippen molar-refractivity contribution in [3.05, 3.63) is 42.6 Å². The lowest BCUT2D eigenvalue weighted by Crippen LogP contribution is -2.20. The summed E-state index contributed by atoms with van der Waals surface area (Å²) in [6, 6.07) is 5.91. The third-order valence-corrected chi connectivity index (χ3v) is 4.13. The van der Waals surface area contributed by atoms with Crippen LogP contribution in [0.1, 0.15) is 5.82 Å². The van der Waals surface area contributed by atoms with Gasteiger partial charge in [0, 0.05) is 32.7 Å². The van der Waals surface area contributed by atoms with Gasteiger partial charge in [0.25, 0.3) is 0 Å². The van der Waals surface area contributed by atoms with Crippen molar-refractivity contribution in [2.45, 2.75) is 6.42 Å². The quantitative estimate of drug-likeness (QED) is 0.588. The zero-order valence-corrected chi connectivity index (χ0v) is 14.7. The second kappa shape index (κ2) is 6.10. The molecule has 26 heavy (non-hydrogen) atoms. The summed E-state index contributed by atoms with van der Waals surface area (Å²) in [7, 11) is 5.37. The normalized spacial score (nSPS) is 11.2. The van der Waals surface area contributed by atoms with E-state index in [-0.39, 0.29) is 12.3 Å². The maximum absolute atomic E-state index is 11.7. The number of likely N-dealkylation sites (N-methyl/N-ethyl adjacent to an activating group) is 1. The van der Waals surface area contributed by atoms with Crippen LogP contribution in [0, 0.1) is 0 Å². The molecule has 4 rings (SSSR count). The molecule has 9 heteroatoms. The lowest BCUT2D eigenvalue weighted by molar-refractivity contribution is -0.120. The molecule has 4 heterocycles. The number of pyridine rings is 1. The summed E-state index contributed by atoms with van der Waals surface area (Å²) in [5, 5.41) is 12.3. The molecule has 0 aliphatic rings. The standard InChI is InChI=1S/C17H18N8O/c1-18-15(26)8-14-21-17(25(22-14)12-9-19-24(3)10-12)13-5-4-11-6-7-23(2)16(11)20-13/h4-7,9-10H,8H2,1-3H3,(H,18,26). The number of amides is 1. The smallest absolute Gasteiger partial charge is 0.227 e. The topological polar surface area (TPSA) is 95.5 Å². The molecule has 0 bridgehead atoms. The van der Waals surface area contributed by atoms with Gasteiger partial charge in [-0.25, -0.2) is 14.6 Å². The molecule has 4 aromatic heterocycles. The monoisotopic (exact) mass is 350 g/mol. The van der Waals surface area contributed by atoms with E-state index in [1.807, 2.05) is 49.3 Å². The zero-order chi connectivity index (χ0) is 18.3. The van der Waals surface area contributed by atoms with E-state index in [1.165, 1.54) is 0 Å². The number of aryl methyl sites for hydroxylation is 2. The number of rotatable bonds is 4. The summed E-state index contributed by atoms with van der Waals surface area (Å²) in [5.41, 5.74) is 2.29. The van der Waals surface area contributed by atoms with Crippen LogP contribution < -0.4 is 5.32 Å². The Kier molecular flexibility index (Phi) is 3.76. The highest BCUT2D eigenvalue weighted by atomic mass is 16.1. The number of nitrogens with zero attached hydrogens (tertiary/aromatic N) is 7. The molecule has 1 amide bonds. The Morgan fingerprint density at radius 2 is 2.04 bits per heavy atom. The Hall–Kier alpha value is -3.49. The van der Waals surface area contributed by atoms with E-state index in [4.69, 9.17) is 4.98 Å². The molecule has 0 saturated carbocycles. The van der Waals surface area contributed by atoms with Crippen molar-refractivity contribution in [2.24, 2.45) is 14.1 Å². The molecule has 0 aliphatic carbocycles. The van der Waals surface area contributed by atoms with Crippen molar-refractivity contribution >= 4 is 16.9 Å². The highest BCUT2D eigenvalue weighted by Crippen LogP contribution is 2.22. The average Bonchev–Trinajstić information content (AvgIpc) is 3.34. The largest absolute Gasteiger partial charge is 0.359 e. The summed E-state index contributed by atoms with van der Waals surface area (Å²) in [6.45, 7) is 0. The zero-order valence-electron chi connectivity index (χ0n) is 14.7. The molecule has 0 aliphatic heterocycles. The van der Waals surface area contributed by atoms with Crippen molar-refractivity contribution in [3.8, 4) is 17.2 Å². The van der Waals surface area contributed by atoms with Crippen LogP contribution >= 0.6 is 0 Å². The van der Waals surface area contributed by atoms with Gasteiger partial charge < -0.3 is 9.88 Å². The summed E-state index contributed by atoms with van der Waals surface area (Å²) >= 11 is 0. The second-order valence-electron chi connectivity index (χ2n) is 6.02. The average molecular weight is 350 g/mol. The van der Waals surface area contributed by atoms with Crippen LogP contribution in [0.15, 0.2) is 36.8 Å². The van der Waals surface area contributed by atoms with E-state index in [0.717, 1.165) is 16.7 Å². The minimum Gasteiger partial charge on any atom is -0.359 e. The van der Waals surface area contributed by atoms with Crippen LogP contribution in [0.3, 0.4) is 0 Å². The van der Waals surface area contributed by atoms with Crippen LogP contribution in [0.2, 0.25) is 0 Å². The molecule has 0 unspecified atom stereocenters. The number of nitrogens with one attached hydrogen (secondary N) is 1. The van der Waals surface area contributed by atoms with Crippen LogP contribution in [0.4, 0.5) is 0 Å².